The number of halogens is 2. The van der Waals surface area contributed by atoms with Gasteiger partial charge >= 0.3 is 0 Å². The quantitative estimate of drug-likeness (QED) is 0.390. The zero-order chi connectivity index (χ0) is 24.2. The van der Waals surface area contributed by atoms with E-state index in [1.807, 2.05) is 0 Å². The molecule has 0 spiro atoms. The normalized spacial score (nSPS) is 11.0. The van der Waals surface area contributed by atoms with Crippen LogP contribution in [-0.4, -0.2) is 32.9 Å². The summed E-state index contributed by atoms with van der Waals surface area (Å²) in [5.74, 6) is -2.02. The van der Waals surface area contributed by atoms with E-state index in [2.05, 4.69) is 5.32 Å². The number of benzene rings is 3. The van der Waals surface area contributed by atoms with Crippen LogP contribution in [0, 0.1) is 21.7 Å². The lowest BCUT2D eigenvalue weighted by Crippen LogP contribution is -2.38. The molecule has 0 aliphatic heterocycles. The van der Waals surface area contributed by atoms with Gasteiger partial charge in [0.2, 0.25) is 5.91 Å². The summed E-state index contributed by atoms with van der Waals surface area (Å²) in [6.45, 7) is -0.767. The van der Waals surface area contributed by atoms with Gasteiger partial charge in [0.05, 0.1) is 28.3 Å². The number of non-ortho nitro benzene ring substituents is 1. The first-order valence-electron chi connectivity index (χ1n) is 9.28. The van der Waals surface area contributed by atoms with E-state index >= 15 is 0 Å². The molecular formula is C21H17F2N3O6S. The molecule has 0 fully saturated rings. The first-order valence-corrected chi connectivity index (χ1v) is 10.7. The van der Waals surface area contributed by atoms with Crippen LogP contribution in [-0.2, 0) is 14.8 Å². The van der Waals surface area contributed by atoms with Gasteiger partial charge in [0.25, 0.3) is 15.7 Å². The van der Waals surface area contributed by atoms with Crippen molar-refractivity contribution in [1.82, 2.24) is 0 Å². The largest absolute Gasteiger partial charge is 0.495 e. The average Bonchev–Trinajstić information content (AvgIpc) is 2.78. The number of carbonyl (C=O) groups is 1. The van der Waals surface area contributed by atoms with E-state index in [1.165, 1.54) is 19.2 Å². The first-order chi connectivity index (χ1) is 15.6. The predicted octanol–water partition coefficient (Wildman–Crippen LogP) is 3.72. The summed E-state index contributed by atoms with van der Waals surface area (Å²) in [4.78, 5) is 22.9. The Balaban J connectivity index is 1.96. The number of rotatable bonds is 8. The maximum Gasteiger partial charge on any atom is 0.271 e. The van der Waals surface area contributed by atoms with Gasteiger partial charge in [-0.05, 0) is 54.6 Å². The van der Waals surface area contributed by atoms with Gasteiger partial charge < -0.3 is 10.1 Å². The summed E-state index contributed by atoms with van der Waals surface area (Å²) in [6.07, 6.45) is 0. The van der Waals surface area contributed by atoms with Crippen molar-refractivity contribution in [2.24, 2.45) is 0 Å². The van der Waals surface area contributed by atoms with Crippen molar-refractivity contribution in [3.63, 3.8) is 0 Å². The summed E-state index contributed by atoms with van der Waals surface area (Å²) in [5, 5.41) is 13.4. The molecule has 3 rings (SSSR count). The molecule has 1 N–H and O–H groups in total. The Hall–Kier alpha value is -4.06. The maximum atomic E-state index is 13.4. The molecule has 0 bridgehead atoms. The minimum atomic E-state index is -4.36. The topological polar surface area (TPSA) is 119 Å². The second-order valence-electron chi connectivity index (χ2n) is 6.63. The molecule has 3 aromatic carbocycles. The van der Waals surface area contributed by atoms with Crippen LogP contribution >= 0.6 is 0 Å². The van der Waals surface area contributed by atoms with E-state index < -0.39 is 39.0 Å². The van der Waals surface area contributed by atoms with Crippen molar-refractivity contribution in [2.45, 2.75) is 4.90 Å². The van der Waals surface area contributed by atoms with E-state index in [0.717, 1.165) is 54.6 Å². The number of nitrogens with zero attached hydrogens (tertiary/aromatic N) is 2. The number of nitro benzene ring substituents is 1. The van der Waals surface area contributed by atoms with Crippen molar-refractivity contribution in [1.29, 1.82) is 0 Å². The fourth-order valence-corrected chi connectivity index (χ4v) is 4.30. The van der Waals surface area contributed by atoms with Crippen molar-refractivity contribution in [3.8, 4) is 5.75 Å². The number of hydrogen-bond acceptors (Lipinski definition) is 6. The molecule has 0 saturated heterocycles. The number of amides is 1. The SMILES string of the molecule is COc1ccc([N+](=O)[O-])cc1NC(=O)CN(c1ccc(F)cc1)S(=O)(=O)c1ccc(F)cc1. The summed E-state index contributed by atoms with van der Waals surface area (Å²) in [7, 11) is -3.07. The van der Waals surface area contributed by atoms with Crippen molar-refractivity contribution < 1.29 is 31.7 Å². The smallest absolute Gasteiger partial charge is 0.271 e. The van der Waals surface area contributed by atoms with E-state index in [0.29, 0.717) is 4.31 Å². The number of sulfonamides is 1. The Morgan fingerprint density at radius 3 is 2.15 bits per heavy atom. The van der Waals surface area contributed by atoms with E-state index in [-0.39, 0.29) is 27.7 Å². The summed E-state index contributed by atoms with van der Waals surface area (Å²) >= 11 is 0. The molecular weight excluding hydrogens is 460 g/mol. The summed E-state index contributed by atoms with van der Waals surface area (Å²) < 4.78 is 58.9. The van der Waals surface area contributed by atoms with Gasteiger partial charge in [0.1, 0.15) is 23.9 Å². The van der Waals surface area contributed by atoms with Crippen LogP contribution in [0.2, 0.25) is 0 Å². The lowest BCUT2D eigenvalue weighted by atomic mass is 10.2. The van der Waals surface area contributed by atoms with Crippen LogP contribution in [0.5, 0.6) is 5.75 Å². The monoisotopic (exact) mass is 477 g/mol. The Morgan fingerprint density at radius 2 is 1.61 bits per heavy atom. The number of nitro groups is 1. The van der Waals surface area contributed by atoms with Crippen LogP contribution in [0.1, 0.15) is 0 Å². The number of anilines is 2. The van der Waals surface area contributed by atoms with Gasteiger partial charge in [-0.25, -0.2) is 17.2 Å². The highest BCUT2D eigenvalue weighted by Gasteiger charge is 2.28. The molecule has 0 radical (unpaired) electrons. The number of methoxy groups -OCH3 is 1. The Morgan fingerprint density at radius 1 is 1.03 bits per heavy atom. The fraction of sp³-hybridized carbons (Fsp3) is 0.0952. The zero-order valence-corrected chi connectivity index (χ0v) is 17.9. The number of ether oxygens (including phenoxy) is 1. The third kappa shape index (κ3) is 5.41. The van der Waals surface area contributed by atoms with Crippen LogP contribution < -0.4 is 14.4 Å². The number of hydrogen-bond donors (Lipinski definition) is 1. The standard InChI is InChI=1S/C21H17F2N3O6S/c1-32-20-11-8-17(26(28)29)12-19(20)24-21(27)13-25(16-6-2-14(22)3-7-16)33(30,31)18-9-4-15(23)5-10-18/h2-12H,13H2,1H3,(H,24,27). The zero-order valence-electron chi connectivity index (χ0n) is 17.1. The molecule has 9 nitrogen and oxygen atoms in total. The van der Waals surface area contributed by atoms with Gasteiger partial charge in [0.15, 0.2) is 0 Å². The molecule has 0 aromatic heterocycles. The van der Waals surface area contributed by atoms with Crippen LogP contribution in [0.25, 0.3) is 0 Å². The van der Waals surface area contributed by atoms with Gasteiger partial charge in [-0.3, -0.25) is 19.2 Å². The molecule has 3 aromatic rings. The molecule has 0 heterocycles. The fourth-order valence-electron chi connectivity index (χ4n) is 2.88. The van der Waals surface area contributed by atoms with E-state index in [4.69, 9.17) is 4.74 Å². The lowest BCUT2D eigenvalue weighted by Gasteiger charge is -2.24. The minimum Gasteiger partial charge on any atom is -0.495 e. The first kappa shape index (κ1) is 23.6. The van der Waals surface area contributed by atoms with Crippen molar-refractivity contribution >= 4 is 33.0 Å². The van der Waals surface area contributed by atoms with Gasteiger partial charge in [-0.15, -0.1) is 0 Å². The molecule has 33 heavy (non-hydrogen) atoms. The molecule has 0 aliphatic carbocycles. The third-order valence-electron chi connectivity index (χ3n) is 4.47. The molecule has 0 unspecified atom stereocenters. The highest BCUT2D eigenvalue weighted by atomic mass is 32.2. The summed E-state index contributed by atoms with van der Waals surface area (Å²) in [5.41, 5.74) is -0.391. The van der Waals surface area contributed by atoms with Crippen molar-refractivity contribution in [2.75, 3.05) is 23.3 Å². The second-order valence-corrected chi connectivity index (χ2v) is 8.49. The molecule has 12 heteroatoms. The Labute approximate surface area is 187 Å². The predicted molar refractivity (Wildman–Crippen MR) is 116 cm³/mol. The molecule has 172 valence electrons. The average molecular weight is 477 g/mol. The molecule has 0 saturated carbocycles. The molecule has 1 amide bonds. The highest BCUT2D eigenvalue weighted by molar-refractivity contribution is 7.92. The third-order valence-corrected chi connectivity index (χ3v) is 6.26. The minimum absolute atomic E-state index is 0.0260. The van der Waals surface area contributed by atoms with Crippen LogP contribution in [0.15, 0.2) is 71.6 Å². The Bertz CT molecular complexity index is 1280. The Kier molecular flexibility index (Phi) is 6.87. The van der Waals surface area contributed by atoms with E-state index in [9.17, 15) is 32.1 Å². The highest BCUT2D eigenvalue weighted by Crippen LogP contribution is 2.29. The molecule has 0 aliphatic rings. The number of carbonyl (C=O) groups excluding carboxylic acids is 1. The number of nitrogens with one attached hydrogen (secondary N) is 1. The van der Waals surface area contributed by atoms with Gasteiger partial charge in [-0.1, -0.05) is 0 Å². The lowest BCUT2D eigenvalue weighted by molar-refractivity contribution is -0.384. The van der Waals surface area contributed by atoms with E-state index in [1.54, 1.807) is 0 Å². The van der Waals surface area contributed by atoms with Gasteiger partial charge in [-0.2, -0.15) is 0 Å². The van der Waals surface area contributed by atoms with Crippen molar-refractivity contribution in [3.05, 3.63) is 88.5 Å². The van der Waals surface area contributed by atoms with Gasteiger partial charge in [0, 0.05) is 12.1 Å². The van der Waals surface area contributed by atoms with Crippen LogP contribution in [0.4, 0.5) is 25.8 Å². The summed E-state index contributed by atoms with van der Waals surface area (Å²) in [6, 6.07) is 11.8. The maximum absolute atomic E-state index is 13.4. The van der Waals surface area contributed by atoms with Crippen LogP contribution in [0.3, 0.4) is 0 Å². The molecule has 0 atom stereocenters. The second kappa shape index (κ2) is 9.61.